The second kappa shape index (κ2) is 25.2. The smallest absolute Gasteiger partial charge is 0.122 e. The maximum Gasteiger partial charge on any atom is 0.122 e. The van der Waals surface area contributed by atoms with E-state index in [9.17, 15) is 0 Å². The molecule has 0 heterocycles. The molecule has 0 aliphatic heterocycles. The average molecular weight is 712 g/mol. The minimum atomic E-state index is 0. The third-order valence-corrected chi connectivity index (χ3v) is 11.7. The van der Waals surface area contributed by atoms with Crippen LogP contribution in [0.15, 0.2) is 72.8 Å². The van der Waals surface area contributed by atoms with Crippen LogP contribution in [0.25, 0.3) is 0 Å². The second-order valence-electron chi connectivity index (χ2n) is 12.0. The summed E-state index contributed by atoms with van der Waals surface area (Å²) in [5, 5.41) is 0. The predicted molar refractivity (Wildman–Crippen MR) is 190 cm³/mol. The van der Waals surface area contributed by atoms with E-state index < -0.39 is 0 Å². The van der Waals surface area contributed by atoms with Crippen molar-refractivity contribution in [3.05, 3.63) is 84.0 Å². The number of allylic oxidation sites excluding steroid dienone is 4. The molecule has 2 nitrogen and oxygen atoms in total. The third-order valence-electron chi connectivity index (χ3n) is 8.66. The molecule has 5 heteroatoms. The molecule has 3 aliphatic rings. The van der Waals surface area contributed by atoms with Gasteiger partial charge in [-0.25, -0.2) is 0 Å². The normalized spacial score (nSPS) is 17.7. The fourth-order valence-electron chi connectivity index (χ4n) is 6.16. The molecule has 0 spiro atoms. The first-order valence-corrected chi connectivity index (χ1v) is 19.6. The Morgan fingerprint density at radius 3 is 1.23 bits per heavy atom. The summed E-state index contributed by atoms with van der Waals surface area (Å²) in [4.78, 5) is 0. The van der Waals surface area contributed by atoms with Crippen LogP contribution in [0.3, 0.4) is 0 Å². The van der Waals surface area contributed by atoms with Crippen molar-refractivity contribution in [1.29, 1.82) is 0 Å². The molecule has 2 fully saturated rings. The Kier molecular flexibility index (Phi) is 22.4. The number of ether oxygens (including phenoxy) is 2. The van der Waals surface area contributed by atoms with E-state index in [2.05, 4.69) is 60.7 Å². The first-order valence-electron chi connectivity index (χ1n) is 16.7. The molecule has 2 atom stereocenters. The SMILES string of the molecule is C1=CCCC=CCC1.COc1ccccc1CPCC1CCCCC1.COc1ccccc1CPCC1CCCCC1.[Rh]. The molecule has 0 aromatic heterocycles. The number of rotatable bonds is 10. The van der Waals surface area contributed by atoms with Gasteiger partial charge in [0.25, 0.3) is 0 Å². The molecular formula is C38H58O2P2Rh. The number of methoxy groups -OCH3 is 2. The van der Waals surface area contributed by atoms with E-state index in [1.807, 2.05) is 12.1 Å². The number of benzene rings is 2. The first kappa shape index (κ1) is 38.2. The maximum atomic E-state index is 5.39. The molecule has 0 saturated heterocycles. The van der Waals surface area contributed by atoms with Gasteiger partial charge < -0.3 is 9.47 Å². The van der Waals surface area contributed by atoms with Gasteiger partial charge in [-0.15, -0.1) is 17.2 Å². The molecule has 1 radical (unpaired) electrons. The van der Waals surface area contributed by atoms with Crippen LogP contribution in [0.5, 0.6) is 11.5 Å². The Labute approximate surface area is 281 Å². The van der Waals surface area contributed by atoms with Gasteiger partial charge in [-0.3, -0.25) is 0 Å². The molecular weight excluding hydrogens is 653 g/mol. The van der Waals surface area contributed by atoms with Crippen molar-refractivity contribution in [3.63, 3.8) is 0 Å². The van der Waals surface area contributed by atoms with Gasteiger partial charge in [0.15, 0.2) is 0 Å². The molecule has 3 aliphatic carbocycles. The third kappa shape index (κ3) is 16.8. The topological polar surface area (TPSA) is 18.5 Å². The number of hydrogen-bond acceptors (Lipinski definition) is 2. The summed E-state index contributed by atoms with van der Waals surface area (Å²) in [5.41, 5.74) is 2.76. The van der Waals surface area contributed by atoms with E-state index in [0.29, 0.717) is 0 Å². The molecule has 2 aromatic carbocycles. The van der Waals surface area contributed by atoms with Crippen molar-refractivity contribution < 1.29 is 29.0 Å². The van der Waals surface area contributed by atoms with E-state index in [-0.39, 0.29) is 19.5 Å². The molecule has 0 N–H and O–H groups in total. The van der Waals surface area contributed by atoms with Crippen molar-refractivity contribution in [1.82, 2.24) is 0 Å². The van der Waals surface area contributed by atoms with Crippen LogP contribution in [0.2, 0.25) is 0 Å². The van der Waals surface area contributed by atoms with Gasteiger partial charge in [0.1, 0.15) is 11.5 Å². The van der Waals surface area contributed by atoms with Crippen molar-refractivity contribution in [3.8, 4) is 11.5 Å². The number of para-hydroxylation sites is 2. The van der Waals surface area contributed by atoms with E-state index in [1.54, 1.807) is 14.2 Å². The van der Waals surface area contributed by atoms with Gasteiger partial charge in [-0.2, -0.15) is 0 Å². The van der Waals surface area contributed by atoms with Gasteiger partial charge in [-0.05, 0) is 85.4 Å². The van der Waals surface area contributed by atoms with Crippen molar-refractivity contribution in [2.45, 2.75) is 102 Å². The van der Waals surface area contributed by atoms with Crippen molar-refractivity contribution >= 4 is 17.2 Å². The summed E-state index contributed by atoms with van der Waals surface area (Å²) in [7, 11) is 5.65. The minimum Gasteiger partial charge on any atom is -0.496 e. The molecule has 2 unspecified atom stereocenters. The largest absolute Gasteiger partial charge is 0.496 e. The monoisotopic (exact) mass is 711 g/mol. The quantitative estimate of drug-likeness (QED) is 0.139. The zero-order valence-electron chi connectivity index (χ0n) is 27.0. The minimum absolute atomic E-state index is 0. The van der Waals surface area contributed by atoms with E-state index in [4.69, 9.17) is 9.47 Å². The van der Waals surface area contributed by atoms with Crippen molar-refractivity contribution in [2.75, 3.05) is 26.5 Å². The van der Waals surface area contributed by atoms with E-state index in [1.165, 1.54) is 126 Å². The molecule has 43 heavy (non-hydrogen) atoms. The van der Waals surface area contributed by atoms with Gasteiger partial charge in [0.05, 0.1) is 14.2 Å². The van der Waals surface area contributed by atoms with Gasteiger partial charge >= 0.3 is 0 Å². The van der Waals surface area contributed by atoms with Crippen LogP contribution in [-0.2, 0) is 31.8 Å². The van der Waals surface area contributed by atoms with Crippen LogP contribution in [0.1, 0.15) is 101 Å². The Morgan fingerprint density at radius 1 is 0.535 bits per heavy atom. The Balaban J connectivity index is 0.000000237. The van der Waals surface area contributed by atoms with E-state index >= 15 is 0 Å². The second-order valence-corrected chi connectivity index (χ2v) is 14.5. The number of hydrogen-bond donors (Lipinski definition) is 0. The van der Waals surface area contributed by atoms with Crippen LogP contribution >= 0.6 is 17.2 Å². The first-order chi connectivity index (χ1) is 20.8. The zero-order valence-corrected chi connectivity index (χ0v) is 30.6. The Morgan fingerprint density at radius 2 is 0.884 bits per heavy atom. The standard InChI is InChI=1S/2C15H23OP.C8H12.Rh/c2*1-16-15-10-6-5-9-14(15)12-17-11-13-7-3-2-4-8-13;1-2-4-6-8-7-5-3-1;/h2*5-6,9-10,13,17H,2-4,7-8,11-12H2,1H3;1-2,7-8H,3-6H2;. The van der Waals surface area contributed by atoms with Crippen LogP contribution in [0.4, 0.5) is 0 Å². The summed E-state index contributed by atoms with van der Waals surface area (Å²) in [5.74, 6) is 4.14. The summed E-state index contributed by atoms with van der Waals surface area (Å²) in [6.45, 7) is 0. The van der Waals surface area contributed by atoms with Gasteiger partial charge in [0.2, 0.25) is 0 Å². The zero-order chi connectivity index (χ0) is 29.5. The molecule has 241 valence electrons. The maximum absolute atomic E-state index is 5.39. The van der Waals surface area contributed by atoms with Gasteiger partial charge in [-0.1, -0.05) is 125 Å². The average Bonchev–Trinajstić information content (AvgIpc) is 3.03. The summed E-state index contributed by atoms with van der Waals surface area (Å²) >= 11 is 0. The van der Waals surface area contributed by atoms with E-state index in [0.717, 1.165) is 40.5 Å². The molecule has 0 bridgehead atoms. The van der Waals surface area contributed by atoms with Crippen molar-refractivity contribution in [2.24, 2.45) is 11.8 Å². The summed E-state index contributed by atoms with van der Waals surface area (Å²) in [6, 6.07) is 16.9. The van der Waals surface area contributed by atoms with Crippen LogP contribution < -0.4 is 9.47 Å². The van der Waals surface area contributed by atoms with Crippen LogP contribution in [0, 0.1) is 11.8 Å². The Bertz CT molecular complexity index is 919. The Hall–Kier alpha value is -0.997. The predicted octanol–water partition coefficient (Wildman–Crippen LogP) is 11.6. The molecule has 2 aromatic rings. The summed E-state index contributed by atoms with van der Waals surface area (Å²) in [6.07, 6.45) is 33.9. The van der Waals surface area contributed by atoms with Gasteiger partial charge in [0, 0.05) is 19.5 Å². The molecule has 2 saturated carbocycles. The fraction of sp³-hybridized carbons (Fsp3) is 0.579. The molecule has 5 rings (SSSR count). The fourth-order valence-corrected chi connectivity index (χ4v) is 9.20. The van der Waals surface area contributed by atoms with Crippen LogP contribution in [-0.4, -0.2) is 26.5 Å². The molecule has 0 amide bonds. The summed E-state index contributed by atoms with van der Waals surface area (Å²) < 4.78 is 10.8.